The van der Waals surface area contributed by atoms with Crippen molar-refractivity contribution in [1.29, 1.82) is 0 Å². The minimum atomic E-state index is 0.120. The molecule has 0 spiro atoms. The molecule has 0 N–H and O–H groups in total. The molecular weight excluding hydrogens is 136 g/mol. The van der Waals surface area contributed by atoms with Gasteiger partial charge in [0.2, 0.25) is 0 Å². The van der Waals surface area contributed by atoms with Crippen molar-refractivity contribution in [2.45, 2.75) is 37.7 Å². The summed E-state index contributed by atoms with van der Waals surface area (Å²) in [5, 5.41) is 0. The highest BCUT2D eigenvalue weighted by Gasteiger charge is 2.46. The topological polar surface area (TPSA) is 9.23 Å². The van der Waals surface area contributed by atoms with Crippen LogP contribution in [0.4, 0.5) is 0 Å². The highest BCUT2D eigenvalue weighted by molar-refractivity contribution is 5.05. The van der Waals surface area contributed by atoms with Crippen LogP contribution in [0.25, 0.3) is 0 Å². The Hall–Kier alpha value is -0.480. The Morgan fingerprint density at radius 3 is 3.27 bits per heavy atom. The molecule has 2 atom stereocenters. The maximum absolute atomic E-state index is 5.76. The number of fused-ring (bicyclic) bond motifs is 1. The number of rotatable bonds is 1. The zero-order valence-corrected chi connectivity index (χ0v) is 6.81. The van der Waals surface area contributed by atoms with Crippen LogP contribution in [0.2, 0.25) is 0 Å². The second kappa shape index (κ2) is 2.53. The highest BCUT2D eigenvalue weighted by atomic mass is 16.5. The number of ether oxygens (including phenoxy) is 1. The third-order valence-corrected chi connectivity index (χ3v) is 3.15. The molecule has 1 aliphatic heterocycles. The predicted octanol–water partition coefficient (Wildman–Crippen LogP) is 1.97. The molecule has 0 aromatic rings. The fraction of sp³-hybridized carbons (Fsp3) is 0.800. The fourth-order valence-corrected chi connectivity index (χ4v) is 2.57. The van der Waals surface area contributed by atoms with Crippen molar-refractivity contribution in [1.82, 2.24) is 0 Å². The Morgan fingerprint density at radius 1 is 1.55 bits per heavy atom. The lowest BCUT2D eigenvalue weighted by Crippen LogP contribution is -2.29. The molecule has 2 unspecified atom stereocenters. The van der Waals surface area contributed by atoms with Gasteiger partial charge in [0.25, 0.3) is 0 Å². The van der Waals surface area contributed by atoms with Gasteiger partial charge in [-0.1, -0.05) is 6.42 Å². The van der Waals surface area contributed by atoms with Crippen molar-refractivity contribution < 1.29 is 4.74 Å². The number of terminal acetylenes is 1. The van der Waals surface area contributed by atoms with Crippen LogP contribution in [0, 0.1) is 18.3 Å². The van der Waals surface area contributed by atoms with E-state index < -0.39 is 0 Å². The molecule has 2 aliphatic rings. The van der Waals surface area contributed by atoms with Crippen molar-refractivity contribution >= 4 is 0 Å². The van der Waals surface area contributed by atoms with E-state index in [-0.39, 0.29) is 5.60 Å². The first-order valence-electron chi connectivity index (χ1n) is 4.45. The van der Waals surface area contributed by atoms with Crippen LogP contribution in [-0.4, -0.2) is 12.2 Å². The summed E-state index contributed by atoms with van der Waals surface area (Å²) in [7, 11) is 0. The summed E-state index contributed by atoms with van der Waals surface area (Å²) in [6.07, 6.45) is 11.2. The maximum atomic E-state index is 5.76. The lowest BCUT2D eigenvalue weighted by Gasteiger charge is -2.25. The van der Waals surface area contributed by atoms with Crippen LogP contribution in [0.1, 0.15) is 32.1 Å². The van der Waals surface area contributed by atoms with Gasteiger partial charge < -0.3 is 4.74 Å². The van der Waals surface area contributed by atoms with E-state index in [0.717, 1.165) is 18.9 Å². The molecule has 1 nitrogen and oxygen atoms in total. The zero-order valence-electron chi connectivity index (χ0n) is 6.81. The van der Waals surface area contributed by atoms with Crippen LogP contribution in [0.15, 0.2) is 0 Å². The molecule has 2 fully saturated rings. The predicted molar refractivity (Wildman–Crippen MR) is 44.1 cm³/mol. The van der Waals surface area contributed by atoms with Gasteiger partial charge in [0.05, 0.1) is 5.60 Å². The van der Waals surface area contributed by atoms with E-state index in [1.54, 1.807) is 0 Å². The second-order valence-corrected chi connectivity index (χ2v) is 3.67. The number of hydrogen-bond donors (Lipinski definition) is 0. The van der Waals surface area contributed by atoms with Crippen molar-refractivity contribution in [3.63, 3.8) is 0 Å². The SMILES string of the molecule is C#CCC12CCCC1CCO2. The summed E-state index contributed by atoms with van der Waals surface area (Å²) in [5.41, 5.74) is 0.120. The average molecular weight is 150 g/mol. The van der Waals surface area contributed by atoms with E-state index in [0.29, 0.717) is 0 Å². The van der Waals surface area contributed by atoms with Crippen molar-refractivity contribution in [2.24, 2.45) is 5.92 Å². The summed E-state index contributed by atoms with van der Waals surface area (Å²) in [6.45, 7) is 0.937. The van der Waals surface area contributed by atoms with Crippen LogP contribution in [0.5, 0.6) is 0 Å². The summed E-state index contributed by atoms with van der Waals surface area (Å²) < 4.78 is 5.76. The molecule has 0 aromatic heterocycles. The van der Waals surface area contributed by atoms with Gasteiger partial charge in [0.15, 0.2) is 0 Å². The van der Waals surface area contributed by atoms with Crippen LogP contribution in [0.3, 0.4) is 0 Å². The van der Waals surface area contributed by atoms with Crippen molar-refractivity contribution in [3.05, 3.63) is 0 Å². The van der Waals surface area contributed by atoms with Gasteiger partial charge >= 0.3 is 0 Å². The molecule has 1 aliphatic carbocycles. The maximum Gasteiger partial charge on any atom is 0.0819 e. The summed E-state index contributed by atoms with van der Waals surface area (Å²) in [4.78, 5) is 0. The van der Waals surface area contributed by atoms with Crippen molar-refractivity contribution in [2.75, 3.05) is 6.61 Å². The first kappa shape index (κ1) is 7.18. The smallest absolute Gasteiger partial charge is 0.0819 e. The summed E-state index contributed by atoms with van der Waals surface area (Å²) in [6, 6.07) is 0. The van der Waals surface area contributed by atoms with Gasteiger partial charge in [-0.2, -0.15) is 0 Å². The van der Waals surface area contributed by atoms with Gasteiger partial charge in [0, 0.05) is 13.0 Å². The van der Waals surface area contributed by atoms with Gasteiger partial charge in [-0.25, -0.2) is 0 Å². The molecule has 1 heterocycles. The second-order valence-electron chi connectivity index (χ2n) is 3.67. The fourth-order valence-electron chi connectivity index (χ4n) is 2.57. The summed E-state index contributed by atoms with van der Waals surface area (Å²) in [5.74, 6) is 3.52. The van der Waals surface area contributed by atoms with Crippen LogP contribution >= 0.6 is 0 Å². The van der Waals surface area contributed by atoms with Gasteiger partial charge in [-0.05, 0) is 25.2 Å². The lowest BCUT2D eigenvalue weighted by molar-refractivity contribution is -0.00371. The van der Waals surface area contributed by atoms with E-state index in [1.165, 1.54) is 25.7 Å². The van der Waals surface area contributed by atoms with Gasteiger partial charge in [0.1, 0.15) is 0 Å². The summed E-state index contributed by atoms with van der Waals surface area (Å²) >= 11 is 0. The highest BCUT2D eigenvalue weighted by Crippen LogP contribution is 2.47. The Kier molecular flexibility index (Phi) is 1.65. The lowest BCUT2D eigenvalue weighted by atomic mass is 9.88. The van der Waals surface area contributed by atoms with E-state index in [9.17, 15) is 0 Å². The molecule has 0 aromatic carbocycles. The zero-order chi connectivity index (χ0) is 7.73. The normalized spacial score (nSPS) is 41.9. The Bertz CT molecular complexity index is 180. The molecule has 0 radical (unpaired) electrons. The molecule has 11 heavy (non-hydrogen) atoms. The molecule has 1 saturated carbocycles. The monoisotopic (exact) mass is 150 g/mol. The molecule has 0 bridgehead atoms. The quantitative estimate of drug-likeness (QED) is 0.519. The van der Waals surface area contributed by atoms with E-state index in [2.05, 4.69) is 5.92 Å². The molecule has 2 rings (SSSR count). The molecule has 1 saturated heterocycles. The van der Waals surface area contributed by atoms with Gasteiger partial charge in [-0.15, -0.1) is 12.3 Å². The standard InChI is InChI=1S/C10H14O/c1-2-6-10-7-3-4-9(10)5-8-11-10/h1,9H,3-8H2. The van der Waals surface area contributed by atoms with E-state index in [1.807, 2.05) is 0 Å². The van der Waals surface area contributed by atoms with E-state index >= 15 is 0 Å². The van der Waals surface area contributed by atoms with E-state index in [4.69, 9.17) is 11.2 Å². The number of hydrogen-bond acceptors (Lipinski definition) is 1. The molecular formula is C10H14O. The Morgan fingerprint density at radius 2 is 2.45 bits per heavy atom. The van der Waals surface area contributed by atoms with Crippen molar-refractivity contribution in [3.8, 4) is 12.3 Å². The van der Waals surface area contributed by atoms with Crippen LogP contribution in [-0.2, 0) is 4.74 Å². The largest absolute Gasteiger partial charge is 0.374 e. The first-order valence-corrected chi connectivity index (χ1v) is 4.45. The first-order chi connectivity index (χ1) is 5.37. The van der Waals surface area contributed by atoms with Crippen LogP contribution < -0.4 is 0 Å². The molecule has 1 heteroatoms. The molecule has 0 amide bonds. The third-order valence-electron chi connectivity index (χ3n) is 3.15. The molecule has 60 valence electrons. The minimum Gasteiger partial charge on any atom is -0.374 e. The third kappa shape index (κ3) is 0.973. The Balaban J connectivity index is 2.14. The van der Waals surface area contributed by atoms with Gasteiger partial charge in [-0.3, -0.25) is 0 Å². The Labute approximate surface area is 68.1 Å². The minimum absolute atomic E-state index is 0.120. The average Bonchev–Trinajstić information content (AvgIpc) is 2.45.